The SMILES string of the molecule is O=C(Nc1ccc(F)c(F)c1F)c1ccc(F)c(S(=O)(=O)N2CCOCC2)c1. The smallest absolute Gasteiger partial charge is 0.255 e. The first-order chi connectivity index (χ1) is 13.2. The second-order valence-electron chi connectivity index (χ2n) is 5.84. The molecule has 1 aliphatic heterocycles. The molecule has 0 saturated carbocycles. The molecule has 0 radical (unpaired) electrons. The lowest BCUT2D eigenvalue weighted by molar-refractivity contribution is 0.0729. The minimum atomic E-state index is -4.23. The standard InChI is InChI=1S/C17H14F4N2O4S/c18-11-2-1-10(9-14(11)28(25,26)23-5-7-27-8-6-23)17(24)22-13-4-3-12(19)15(20)16(13)21/h1-4,9H,5-8H2,(H,22,24). The molecule has 1 amide bonds. The number of hydrogen-bond donors (Lipinski definition) is 1. The van der Waals surface area contributed by atoms with Crippen LogP contribution in [-0.2, 0) is 14.8 Å². The molecule has 0 atom stereocenters. The number of halogens is 4. The molecule has 1 N–H and O–H groups in total. The second-order valence-corrected chi connectivity index (χ2v) is 7.75. The predicted molar refractivity (Wildman–Crippen MR) is 90.2 cm³/mol. The molecule has 0 aromatic heterocycles. The van der Waals surface area contributed by atoms with Gasteiger partial charge in [-0.1, -0.05) is 0 Å². The number of benzene rings is 2. The van der Waals surface area contributed by atoms with Gasteiger partial charge in [-0.25, -0.2) is 26.0 Å². The number of carbonyl (C=O) groups is 1. The van der Waals surface area contributed by atoms with Crippen molar-refractivity contribution in [3.05, 3.63) is 59.2 Å². The number of nitrogens with zero attached hydrogens (tertiary/aromatic N) is 1. The third kappa shape index (κ3) is 3.86. The number of ether oxygens (including phenoxy) is 1. The Morgan fingerprint density at radius 1 is 0.964 bits per heavy atom. The highest BCUT2D eigenvalue weighted by molar-refractivity contribution is 7.89. The van der Waals surface area contributed by atoms with Crippen molar-refractivity contribution in [2.24, 2.45) is 0 Å². The Morgan fingerprint density at radius 3 is 2.29 bits per heavy atom. The maximum absolute atomic E-state index is 14.2. The Balaban J connectivity index is 1.91. The van der Waals surface area contributed by atoms with E-state index in [2.05, 4.69) is 0 Å². The molecule has 1 saturated heterocycles. The number of morpholine rings is 1. The summed E-state index contributed by atoms with van der Waals surface area (Å²) in [6.07, 6.45) is 0. The molecule has 0 bridgehead atoms. The van der Waals surface area contributed by atoms with E-state index in [1.807, 2.05) is 5.32 Å². The van der Waals surface area contributed by atoms with Crippen LogP contribution in [0.4, 0.5) is 23.2 Å². The van der Waals surface area contributed by atoms with Crippen LogP contribution in [0.2, 0.25) is 0 Å². The van der Waals surface area contributed by atoms with Crippen LogP contribution < -0.4 is 5.32 Å². The van der Waals surface area contributed by atoms with E-state index in [9.17, 15) is 30.8 Å². The quantitative estimate of drug-likeness (QED) is 0.612. The minimum Gasteiger partial charge on any atom is -0.379 e. The Labute approximate surface area is 157 Å². The van der Waals surface area contributed by atoms with Gasteiger partial charge in [0.15, 0.2) is 17.5 Å². The van der Waals surface area contributed by atoms with Crippen molar-refractivity contribution in [1.82, 2.24) is 4.31 Å². The van der Waals surface area contributed by atoms with E-state index in [4.69, 9.17) is 4.74 Å². The van der Waals surface area contributed by atoms with Gasteiger partial charge in [0.2, 0.25) is 10.0 Å². The van der Waals surface area contributed by atoms with Gasteiger partial charge in [-0.3, -0.25) is 4.79 Å². The van der Waals surface area contributed by atoms with Crippen molar-refractivity contribution in [2.45, 2.75) is 4.90 Å². The van der Waals surface area contributed by atoms with E-state index in [-0.39, 0.29) is 31.9 Å². The van der Waals surface area contributed by atoms with Gasteiger partial charge in [0.25, 0.3) is 5.91 Å². The number of sulfonamides is 1. The van der Waals surface area contributed by atoms with Crippen LogP contribution in [0.3, 0.4) is 0 Å². The zero-order valence-corrected chi connectivity index (χ0v) is 15.0. The van der Waals surface area contributed by atoms with Gasteiger partial charge in [-0.05, 0) is 30.3 Å². The summed E-state index contributed by atoms with van der Waals surface area (Å²) < 4.78 is 85.4. The lowest BCUT2D eigenvalue weighted by Crippen LogP contribution is -2.41. The van der Waals surface area contributed by atoms with Gasteiger partial charge >= 0.3 is 0 Å². The van der Waals surface area contributed by atoms with Gasteiger partial charge < -0.3 is 10.1 Å². The van der Waals surface area contributed by atoms with Gasteiger partial charge in [-0.2, -0.15) is 4.31 Å². The van der Waals surface area contributed by atoms with Gasteiger partial charge in [-0.15, -0.1) is 0 Å². The number of anilines is 1. The minimum absolute atomic E-state index is 0.0261. The highest BCUT2D eigenvalue weighted by Gasteiger charge is 2.30. The van der Waals surface area contributed by atoms with Crippen LogP contribution in [0.15, 0.2) is 35.2 Å². The van der Waals surface area contributed by atoms with E-state index in [0.29, 0.717) is 6.07 Å². The first-order valence-corrected chi connectivity index (χ1v) is 9.48. The van der Waals surface area contributed by atoms with E-state index >= 15 is 0 Å². The summed E-state index contributed by atoms with van der Waals surface area (Å²) >= 11 is 0. The summed E-state index contributed by atoms with van der Waals surface area (Å²) in [7, 11) is -4.23. The first kappa shape index (κ1) is 20.2. The molecule has 3 rings (SSSR count). The average Bonchev–Trinajstić information content (AvgIpc) is 2.69. The topological polar surface area (TPSA) is 75.7 Å². The molecule has 1 fully saturated rings. The lowest BCUT2D eigenvalue weighted by Gasteiger charge is -2.26. The molecule has 1 heterocycles. The lowest BCUT2D eigenvalue weighted by atomic mass is 10.2. The van der Waals surface area contributed by atoms with Gasteiger partial charge in [0, 0.05) is 18.7 Å². The monoisotopic (exact) mass is 418 g/mol. The van der Waals surface area contributed by atoms with Crippen molar-refractivity contribution in [1.29, 1.82) is 0 Å². The summed E-state index contributed by atoms with van der Waals surface area (Å²) in [6.45, 7) is 0.351. The fraction of sp³-hybridized carbons (Fsp3) is 0.235. The zero-order chi connectivity index (χ0) is 20.5. The van der Waals surface area contributed by atoms with Gasteiger partial charge in [0.1, 0.15) is 10.7 Å². The van der Waals surface area contributed by atoms with Crippen molar-refractivity contribution < 1.29 is 35.5 Å². The Bertz CT molecular complexity index is 1020. The average molecular weight is 418 g/mol. The Hall–Kier alpha value is -2.50. The highest BCUT2D eigenvalue weighted by atomic mass is 32.2. The molecule has 150 valence electrons. The third-order valence-corrected chi connectivity index (χ3v) is 5.98. The number of hydrogen-bond acceptors (Lipinski definition) is 4. The van der Waals surface area contributed by atoms with Crippen molar-refractivity contribution >= 4 is 21.6 Å². The summed E-state index contributed by atoms with van der Waals surface area (Å²) in [5.41, 5.74) is -0.955. The van der Waals surface area contributed by atoms with E-state index < -0.39 is 49.8 Å². The maximum Gasteiger partial charge on any atom is 0.255 e. The number of rotatable bonds is 4. The van der Waals surface area contributed by atoms with E-state index in [0.717, 1.165) is 28.6 Å². The Morgan fingerprint density at radius 2 is 1.61 bits per heavy atom. The molecule has 0 aliphatic carbocycles. The number of amides is 1. The summed E-state index contributed by atoms with van der Waals surface area (Å²) in [5, 5.41) is 2.00. The first-order valence-electron chi connectivity index (χ1n) is 8.04. The maximum atomic E-state index is 14.2. The normalized spacial score (nSPS) is 15.4. The van der Waals surface area contributed by atoms with Crippen LogP contribution in [0.5, 0.6) is 0 Å². The van der Waals surface area contributed by atoms with Crippen molar-refractivity contribution in [3.8, 4) is 0 Å². The molecule has 28 heavy (non-hydrogen) atoms. The molecule has 0 unspecified atom stereocenters. The molecule has 0 spiro atoms. The fourth-order valence-electron chi connectivity index (χ4n) is 2.59. The van der Waals surface area contributed by atoms with Gasteiger partial charge in [0.05, 0.1) is 18.9 Å². The molecule has 11 heteroatoms. The number of carbonyl (C=O) groups excluding carboxylic acids is 1. The van der Waals surface area contributed by atoms with E-state index in [1.54, 1.807) is 0 Å². The van der Waals surface area contributed by atoms with Crippen molar-refractivity contribution in [3.63, 3.8) is 0 Å². The van der Waals surface area contributed by atoms with Crippen LogP contribution in [0.1, 0.15) is 10.4 Å². The predicted octanol–water partition coefficient (Wildman–Crippen LogP) is 2.52. The van der Waals surface area contributed by atoms with Crippen LogP contribution in [0.25, 0.3) is 0 Å². The fourth-order valence-corrected chi connectivity index (χ4v) is 4.08. The molecule has 6 nitrogen and oxygen atoms in total. The van der Waals surface area contributed by atoms with Crippen molar-refractivity contribution in [2.75, 3.05) is 31.6 Å². The Kier molecular flexibility index (Phi) is 5.68. The molecule has 1 aliphatic rings. The summed E-state index contributed by atoms with van der Waals surface area (Å²) in [4.78, 5) is 11.6. The number of nitrogens with one attached hydrogen (secondary N) is 1. The molecular formula is C17H14F4N2O4S. The van der Waals surface area contributed by atoms with E-state index in [1.165, 1.54) is 0 Å². The summed E-state index contributed by atoms with van der Waals surface area (Å²) in [6, 6.07) is 3.99. The molecule has 2 aromatic carbocycles. The molecular weight excluding hydrogens is 404 g/mol. The largest absolute Gasteiger partial charge is 0.379 e. The summed E-state index contributed by atoms with van der Waals surface area (Å²) in [5.74, 6) is -6.91. The van der Waals surface area contributed by atoms with Crippen LogP contribution >= 0.6 is 0 Å². The van der Waals surface area contributed by atoms with Crippen LogP contribution in [0, 0.1) is 23.3 Å². The highest BCUT2D eigenvalue weighted by Crippen LogP contribution is 2.24. The third-order valence-electron chi connectivity index (χ3n) is 4.06. The molecule has 2 aromatic rings. The zero-order valence-electron chi connectivity index (χ0n) is 14.2. The van der Waals surface area contributed by atoms with Crippen LogP contribution in [-0.4, -0.2) is 44.9 Å². The second kappa shape index (κ2) is 7.86.